The van der Waals surface area contributed by atoms with Crippen LogP contribution in [0.4, 0.5) is 0 Å². The monoisotopic (exact) mass is 391 g/mol. The summed E-state index contributed by atoms with van der Waals surface area (Å²) < 4.78 is 33.1. The zero-order valence-corrected chi connectivity index (χ0v) is 15.7. The van der Waals surface area contributed by atoms with Gasteiger partial charge in [0, 0.05) is 23.2 Å². The highest BCUT2D eigenvalue weighted by molar-refractivity contribution is 7.90. The normalized spacial score (nSPS) is 11.4. The lowest BCUT2D eigenvalue weighted by Crippen LogP contribution is -2.11. The third-order valence-electron chi connectivity index (χ3n) is 4.45. The lowest BCUT2D eigenvalue weighted by atomic mass is 10.2. The molecule has 140 valence electrons. The summed E-state index contributed by atoms with van der Waals surface area (Å²) in [5, 5.41) is 0.557. The predicted molar refractivity (Wildman–Crippen MR) is 107 cm³/mol. The summed E-state index contributed by atoms with van der Waals surface area (Å²) in [4.78, 5) is 11.6. The highest BCUT2D eigenvalue weighted by Crippen LogP contribution is 2.29. The van der Waals surface area contributed by atoms with E-state index in [1.165, 1.54) is 18.3 Å². The fourth-order valence-electron chi connectivity index (χ4n) is 3.03. The van der Waals surface area contributed by atoms with Gasteiger partial charge in [0.05, 0.1) is 10.4 Å². The van der Waals surface area contributed by atoms with Gasteiger partial charge in [-0.15, -0.1) is 0 Å². The average Bonchev–Trinajstić information content (AvgIpc) is 3.12. The fraction of sp³-hybridized carbons (Fsp3) is 0.0455. The molecule has 0 spiro atoms. The van der Waals surface area contributed by atoms with Crippen molar-refractivity contribution in [2.24, 2.45) is 0 Å². The van der Waals surface area contributed by atoms with E-state index in [0.717, 1.165) is 9.54 Å². The Hall–Kier alpha value is -3.38. The number of hydrogen-bond acceptors (Lipinski definition) is 4. The second kappa shape index (κ2) is 7.32. The number of carbonyl (C=O) groups is 1. The van der Waals surface area contributed by atoms with Gasteiger partial charge in [0.1, 0.15) is 12.4 Å². The Kier molecular flexibility index (Phi) is 4.71. The average molecular weight is 391 g/mol. The molecule has 0 saturated heterocycles. The van der Waals surface area contributed by atoms with Crippen LogP contribution in [0.3, 0.4) is 0 Å². The van der Waals surface area contributed by atoms with Gasteiger partial charge in [0.15, 0.2) is 6.29 Å². The van der Waals surface area contributed by atoms with Gasteiger partial charge in [-0.25, -0.2) is 12.4 Å². The van der Waals surface area contributed by atoms with Gasteiger partial charge in [-0.05, 0) is 29.8 Å². The zero-order valence-electron chi connectivity index (χ0n) is 14.9. The first-order valence-electron chi connectivity index (χ1n) is 8.67. The van der Waals surface area contributed by atoms with Crippen LogP contribution >= 0.6 is 0 Å². The van der Waals surface area contributed by atoms with Gasteiger partial charge < -0.3 is 4.74 Å². The SMILES string of the molecule is O=Cc1cn(S(=O)(=O)c2ccccc2)c2cc(OCc3ccccc3)ccc12. The van der Waals surface area contributed by atoms with E-state index in [9.17, 15) is 13.2 Å². The maximum absolute atomic E-state index is 13.1. The van der Waals surface area contributed by atoms with Crippen molar-refractivity contribution in [3.8, 4) is 5.75 Å². The van der Waals surface area contributed by atoms with Crippen LogP contribution in [0, 0.1) is 0 Å². The molecule has 0 amide bonds. The molecule has 0 aliphatic carbocycles. The van der Waals surface area contributed by atoms with E-state index in [1.807, 2.05) is 30.3 Å². The molecule has 0 unspecified atom stereocenters. The Balaban J connectivity index is 1.77. The Bertz CT molecular complexity index is 1230. The maximum Gasteiger partial charge on any atom is 0.268 e. The van der Waals surface area contributed by atoms with E-state index in [-0.39, 0.29) is 4.90 Å². The molecule has 1 aromatic heterocycles. The highest BCUT2D eigenvalue weighted by Gasteiger charge is 2.21. The van der Waals surface area contributed by atoms with Crippen LogP contribution in [0.1, 0.15) is 15.9 Å². The minimum absolute atomic E-state index is 0.153. The quantitative estimate of drug-likeness (QED) is 0.461. The molecule has 1 heterocycles. The summed E-state index contributed by atoms with van der Waals surface area (Å²) in [6, 6.07) is 22.9. The third kappa shape index (κ3) is 3.30. The van der Waals surface area contributed by atoms with Crippen LogP contribution in [0.15, 0.2) is 90.0 Å². The molecule has 0 bridgehead atoms. The number of fused-ring (bicyclic) bond motifs is 1. The largest absolute Gasteiger partial charge is 0.489 e. The summed E-state index contributed by atoms with van der Waals surface area (Å²) in [6.07, 6.45) is 2.00. The standard InChI is InChI=1S/C22H17NO4S/c24-15-18-14-23(28(25,26)20-9-5-2-6-10-20)22-13-19(11-12-21(18)22)27-16-17-7-3-1-4-8-17/h1-15H,16H2. The first kappa shape index (κ1) is 18.0. The third-order valence-corrected chi connectivity index (χ3v) is 6.14. The van der Waals surface area contributed by atoms with E-state index in [4.69, 9.17) is 4.74 Å². The Morgan fingerprint density at radius 1 is 0.893 bits per heavy atom. The molecule has 0 radical (unpaired) electrons. The molecule has 28 heavy (non-hydrogen) atoms. The van der Waals surface area contributed by atoms with Crippen LogP contribution in [-0.4, -0.2) is 18.7 Å². The summed E-state index contributed by atoms with van der Waals surface area (Å²) >= 11 is 0. The Morgan fingerprint density at radius 2 is 1.57 bits per heavy atom. The number of hydrogen-bond donors (Lipinski definition) is 0. The maximum atomic E-state index is 13.1. The number of nitrogens with zero attached hydrogens (tertiary/aromatic N) is 1. The number of rotatable bonds is 6. The number of ether oxygens (including phenoxy) is 1. The summed E-state index contributed by atoms with van der Waals surface area (Å²) in [5.41, 5.74) is 1.71. The molecule has 3 aromatic carbocycles. The first-order valence-corrected chi connectivity index (χ1v) is 10.1. The molecule has 4 aromatic rings. The molecule has 0 N–H and O–H groups in total. The molecule has 0 fully saturated rings. The van der Waals surface area contributed by atoms with Gasteiger partial charge in [0.25, 0.3) is 10.0 Å². The van der Waals surface area contributed by atoms with Crippen molar-refractivity contribution in [3.63, 3.8) is 0 Å². The molecule has 0 atom stereocenters. The van der Waals surface area contributed by atoms with Crippen molar-refractivity contribution in [2.75, 3.05) is 0 Å². The van der Waals surface area contributed by atoms with Gasteiger partial charge in [-0.3, -0.25) is 4.79 Å². The zero-order chi connectivity index (χ0) is 19.6. The summed E-state index contributed by atoms with van der Waals surface area (Å²) in [7, 11) is -3.84. The first-order chi connectivity index (χ1) is 13.6. The van der Waals surface area contributed by atoms with Gasteiger partial charge in [-0.2, -0.15) is 0 Å². The molecule has 0 aliphatic rings. The lowest BCUT2D eigenvalue weighted by Gasteiger charge is -2.10. The fourth-order valence-corrected chi connectivity index (χ4v) is 4.42. The molecule has 0 aliphatic heterocycles. The number of aromatic nitrogens is 1. The van der Waals surface area contributed by atoms with Crippen LogP contribution in [-0.2, 0) is 16.6 Å². The van der Waals surface area contributed by atoms with Crippen molar-refractivity contribution in [1.29, 1.82) is 0 Å². The second-order valence-corrected chi connectivity index (χ2v) is 8.08. The smallest absolute Gasteiger partial charge is 0.268 e. The molecule has 5 nitrogen and oxygen atoms in total. The minimum Gasteiger partial charge on any atom is -0.489 e. The van der Waals surface area contributed by atoms with Crippen molar-refractivity contribution < 1.29 is 17.9 Å². The van der Waals surface area contributed by atoms with Crippen LogP contribution < -0.4 is 4.74 Å². The van der Waals surface area contributed by atoms with Gasteiger partial charge >= 0.3 is 0 Å². The lowest BCUT2D eigenvalue weighted by molar-refractivity contribution is 0.112. The predicted octanol–water partition coefficient (Wildman–Crippen LogP) is 4.27. The number of benzene rings is 3. The van der Waals surface area contributed by atoms with E-state index in [2.05, 4.69) is 0 Å². The second-order valence-electron chi connectivity index (χ2n) is 6.27. The van der Waals surface area contributed by atoms with Crippen molar-refractivity contribution >= 4 is 27.2 Å². The summed E-state index contributed by atoms with van der Waals surface area (Å²) in [5.74, 6) is 0.524. The van der Waals surface area contributed by atoms with E-state index < -0.39 is 10.0 Å². The van der Waals surface area contributed by atoms with E-state index in [0.29, 0.717) is 35.1 Å². The van der Waals surface area contributed by atoms with E-state index in [1.54, 1.807) is 36.4 Å². The topological polar surface area (TPSA) is 65.4 Å². The number of carbonyl (C=O) groups excluding carboxylic acids is 1. The molecule has 4 rings (SSSR count). The Morgan fingerprint density at radius 3 is 2.25 bits per heavy atom. The minimum atomic E-state index is -3.84. The van der Waals surface area contributed by atoms with Crippen molar-refractivity contribution in [2.45, 2.75) is 11.5 Å². The van der Waals surface area contributed by atoms with Crippen LogP contribution in [0.5, 0.6) is 5.75 Å². The molecular weight excluding hydrogens is 374 g/mol. The number of aldehydes is 1. The van der Waals surface area contributed by atoms with Crippen LogP contribution in [0.25, 0.3) is 10.9 Å². The Labute approximate surface area is 162 Å². The van der Waals surface area contributed by atoms with Crippen molar-refractivity contribution in [1.82, 2.24) is 3.97 Å². The molecule has 0 saturated carbocycles. The highest BCUT2D eigenvalue weighted by atomic mass is 32.2. The van der Waals surface area contributed by atoms with Gasteiger partial charge in [-0.1, -0.05) is 48.5 Å². The van der Waals surface area contributed by atoms with E-state index >= 15 is 0 Å². The molecule has 6 heteroatoms. The van der Waals surface area contributed by atoms with Crippen LogP contribution in [0.2, 0.25) is 0 Å². The summed E-state index contributed by atoms with van der Waals surface area (Å²) in [6.45, 7) is 0.360. The van der Waals surface area contributed by atoms with Crippen molar-refractivity contribution in [3.05, 3.63) is 96.2 Å². The van der Waals surface area contributed by atoms with Gasteiger partial charge in [0.2, 0.25) is 0 Å². The molecular formula is C22H17NO4S.